The number of thioether (sulfide) groups is 1. The largest absolute Gasteiger partial charge is 0.465 e. The van der Waals surface area contributed by atoms with E-state index in [-0.39, 0.29) is 42.1 Å². The molecule has 0 saturated carbocycles. The molecule has 0 aromatic carbocycles. The van der Waals surface area contributed by atoms with Crippen LogP contribution in [0.25, 0.3) is 0 Å². The maximum atomic E-state index is 14.2. The van der Waals surface area contributed by atoms with Gasteiger partial charge in [-0.25, -0.2) is 0 Å². The molecule has 1 N–H and O–H groups in total. The molecule has 2 bridgehead atoms. The number of carbonyl (C=O) groups is 3. The van der Waals surface area contributed by atoms with E-state index in [0.29, 0.717) is 26.0 Å². The van der Waals surface area contributed by atoms with Crippen LogP contribution in [0.3, 0.4) is 0 Å². The van der Waals surface area contributed by atoms with E-state index in [1.165, 1.54) is 0 Å². The smallest absolute Gasteiger partial charge is 0.310 e. The Kier molecular flexibility index (Phi) is 8.23. The van der Waals surface area contributed by atoms with Gasteiger partial charge in [0, 0.05) is 30.5 Å². The van der Waals surface area contributed by atoms with E-state index in [1.807, 2.05) is 20.8 Å². The van der Waals surface area contributed by atoms with E-state index in [4.69, 9.17) is 4.74 Å². The molecule has 1 spiro atoms. The fraction of sp³-hybridized carbons (Fsp3) is 0.731. The summed E-state index contributed by atoms with van der Waals surface area (Å²) in [5.41, 5.74) is -0.459. The van der Waals surface area contributed by atoms with Crippen molar-refractivity contribution in [2.75, 3.05) is 26.3 Å². The summed E-state index contributed by atoms with van der Waals surface area (Å²) in [6.07, 6.45) is 6.11. The number of fused-ring (bicyclic) bond motifs is 1. The van der Waals surface area contributed by atoms with Crippen LogP contribution in [0.1, 0.15) is 53.4 Å². The number of hydrogen-bond donors (Lipinski definition) is 1. The molecule has 7 nitrogen and oxygen atoms in total. The first kappa shape index (κ1) is 26.8. The number of aliphatic hydroxyl groups is 1. The van der Waals surface area contributed by atoms with Crippen molar-refractivity contribution in [3.8, 4) is 0 Å². The van der Waals surface area contributed by atoms with Crippen molar-refractivity contribution in [2.24, 2.45) is 17.8 Å². The van der Waals surface area contributed by atoms with Crippen LogP contribution in [0.4, 0.5) is 0 Å². The van der Waals surface area contributed by atoms with Crippen LogP contribution in [0.15, 0.2) is 25.3 Å². The van der Waals surface area contributed by atoms with Crippen molar-refractivity contribution in [1.29, 1.82) is 0 Å². The fourth-order valence-corrected chi connectivity index (χ4v) is 8.42. The van der Waals surface area contributed by atoms with E-state index in [1.54, 1.807) is 33.7 Å². The zero-order chi connectivity index (χ0) is 25.3. The topological polar surface area (TPSA) is 87.1 Å². The molecule has 3 aliphatic rings. The summed E-state index contributed by atoms with van der Waals surface area (Å²) in [6.45, 7) is 16.4. The van der Waals surface area contributed by atoms with Crippen LogP contribution in [0.2, 0.25) is 0 Å². The summed E-state index contributed by atoms with van der Waals surface area (Å²) in [5, 5.41) is 9.46. The third kappa shape index (κ3) is 4.43. The van der Waals surface area contributed by atoms with Crippen molar-refractivity contribution < 1.29 is 24.2 Å². The Morgan fingerprint density at radius 1 is 1.29 bits per heavy atom. The number of carbonyl (C=O) groups excluding carboxylic acids is 3. The van der Waals surface area contributed by atoms with Crippen LogP contribution < -0.4 is 0 Å². The Morgan fingerprint density at radius 3 is 2.59 bits per heavy atom. The summed E-state index contributed by atoms with van der Waals surface area (Å²) in [5.74, 6) is -1.64. The Morgan fingerprint density at radius 2 is 2.00 bits per heavy atom. The maximum Gasteiger partial charge on any atom is 0.310 e. The maximum absolute atomic E-state index is 14.2. The van der Waals surface area contributed by atoms with E-state index in [0.717, 1.165) is 12.8 Å². The molecule has 3 aliphatic heterocycles. The van der Waals surface area contributed by atoms with Gasteiger partial charge in [-0.3, -0.25) is 14.4 Å². The van der Waals surface area contributed by atoms with Crippen molar-refractivity contribution in [1.82, 2.24) is 9.80 Å². The molecule has 3 heterocycles. The fourth-order valence-electron chi connectivity index (χ4n) is 6.02. The van der Waals surface area contributed by atoms with Gasteiger partial charge < -0.3 is 19.6 Å². The summed E-state index contributed by atoms with van der Waals surface area (Å²) >= 11 is 1.65. The zero-order valence-electron chi connectivity index (χ0n) is 21.0. The van der Waals surface area contributed by atoms with E-state index >= 15 is 0 Å². The van der Waals surface area contributed by atoms with Crippen LogP contribution in [0.5, 0.6) is 0 Å². The van der Waals surface area contributed by atoms with Gasteiger partial charge in [-0.15, -0.1) is 24.9 Å². The molecule has 8 heteroatoms. The second kappa shape index (κ2) is 10.4. The van der Waals surface area contributed by atoms with Crippen molar-refractivity contribution >= 4 is 29.5 Å². The predicted octanol–water partition coefficient (Wildman–Crippen LogP) is 3.03. The van der Waals surface area contributed by atoms with Crippen LogP contribution in [-0.4, -0.2) is 80.6 Å². The van der Waals surface area contributed by atoms with Crippen molar-refractivity contribution in [2.45, 2.75) is 75.0 Å². The highest BCUT2D eigenvalue weighted by Crippen LogP contribution is 2.68. The predicted molar refractivity (Wildman–Crippen MR) is 134 cm³/mol. The van der Waals surface area contributed by atoms with Gasteiger partial charge in [0.15, 0.2) is 0 Å². The number of unbranched alkanes of at least 4 members (excludes halogenated alkanes) is 1. The summed E-state index contributed by atoms with van der Waals surface area (Å²) in [7, 11) is 0. The van der Waals surface area contributed by atoms with Crippen molar-refractivity contribution in [3.63, 3.8) is 0 Å². The highest BCUT2D eigenvalue weighted by molar-refractivity contribution is 8.02. The average molecular weight is 493 g/mol. The molecule has 6 atom stereocenters. The van der Waals surface area contributed by atoms with Gasteiger partial charge in [0.05, 0.1) is 23.2 Å². The van der Waals surface area contributed by atoms with Gasteiger partial charge in [-0.1, -0.05) is 19.1 Å². The van der Waals surface area contributed by atoms with Gasteiger partial charge >= 0.3 is 5.97 Å². The Balaban J connectivity index is 2.00. The molecular weight excluding hydrogens is 452 g/mol. The minimum absolute atomic E-state index is 0.0337. The minimum atomic E-state index is -0.681. The summed E-state index contributed by atoms with van der Waals surface area (Å²) < 4.78 is 4.93. The summed E-state index contributed by atoms with van der Waals surface area (Å²) in [4.78, 5) is 44.7. The molecule has 2 amide bonds. The number of nitrogens with zero attached hydrogens (tertiary/aromatic N) is 2. The number of esters is 1. The number of hydrogen-bond acceptors (Lipinski definition) is 6. The standard InChI is InChI=1S/C26H40N2O5S/c1-7-9-10-15-33-24(32)19-18-16-17(3)26(34-18)20(19)22(30)27(13-11-14-29)21(26)23(31)28(12-8-2)25(4,5)6/h7-8,17-21,29H,1-2,9-16H2,3-6H3/t17?,18-,19+,20+,21?,26?/m1/s1. The Hall–Kier alpha value is -1.80. The second-order valence-corrected chi connectivity index (χ2v) is 12.2. The molecule has 34 heavy (non-hydrogen) atoms. The van der Waals surface area contributed by atoms with Gasteiger partial charge in [0.1, 0.15) is 6.04 Å². The van der Waals surface area contributed by atoms with E-state index in [9.17, 15) is 19.5 Å². The molecule has 0 aromatic heterocycles. The molecule has 3 rings (SSSR count). The highest BCUT2D eigenvalue weighted by atomic mass is 32.2. The van der Waals surface area contributed by atoms with E-state index in [2.05, 4.69) is 20.1 Å². The van der Waals surface area contributed by atoms with Gasteiger partial charge in [-0.05, 0) is 52.4 Å². The van der Waals surface area contributed by atoms with Crippen LogP contribution >= 0.6 is 11.8 Å². The van der Waals surface area contributed by atoms with Gasteiger partial charge in [0.25, 0.3) is 0 Å². The first-order valence-corrected chi connectivity index (χ1v) is 13.2. The average Bonchev–Trinajstić information content (AvgIpc) is 3.36. The number of aliphatic hydroxyl groups excluding tert-OH is 1. The number of ether oxygens (including phenoxy) is 1. The third-order valence-electron chi connectivity index (χ3n) is 7.49. The lowest BCUT2D eigenvalue weighted by Gasteiger charge is -2.44. The Bertz CT molecular complexity index is 824. The molecular formula is C26H40N2O5S. The van der Waals surface area contributed by atoms with Gasteiger partial charge in [0.2, 0.25) is 11.8 Å². The van der Waals surface area contributed by atoms with Gasteiger partial charge in [-0.2, -0.15) is 0 Å². The number of rotatable bonds is 11. The second-order valence-electron chi connectivity index (χ2n) is 10.7. The van der Waals surface area contributed by atoms with Crippen molar-refractivity contribution in [3.05, 3.63) is 25.3 Å². The van der Waals surface area contributed by atoms with Crippen LogP contribution in [-0.2, 0) is 19.1 Å². The molecule has 3 unspecified atom stereocenters. The summed E-state index contributed by atoms with van der Waals surface area (Å²) in [6, 6.07) is -0.681. The monoisotopic (exact) mass is 492 g/mol. The molecule has 0 aliphatic carbocycles. The zero-order valence-corrected chi connectivity index (χ0v) is 21.8. The minimum Gasteiger partial charge on any atom is -0.465 e. The number of likely N-dealkylation sites (tertiary alicyclic amines) is 1. The quantitative estimate of drug-likeness (QED) is 0.271. The number of allylic oxidation sites excluding steroid dienone is 1. The molecule has 0 radical (unpaired) electrons. The van der Waals surface area contributed by atoms with E-state index < -0.39 is 28.2 Å². The lowest BCUT2D eigenvalue weighted by molar-refractivity contribution is -0.154. The van der Waals surface area contributed by atoms with Crippen LogP contribution in [0, 0.1) is 17.8 Å². The molecule has 3 fully saturated rings. The molecule has 190 valence electrons. The molecule has 3 saturated heterocycles. The first-order valence-electron chi connectivity index (χ1n) is 12.3. The lowest BCUT2D eigenvalue weighted by atomic mass is 9.66. The lowest BCUT2D eigenvalue weighted by Crippen LogP contribution is -2.60. The number of amides is 2. The first-order chi connectivity index (χ1) is 16.1. The Labute approximate surface area is 208 Å². The third-order valence-corrected chi connectivity index (χ3v) is 9.57. The normalized spacial score (nSPS) is 32.0. The molecule has 0 aromatic rings. The highest BCUT2D eigenvalue weighted by Gasteiger charge is 2.76. The SMILES string of the molecule is C=CCCCOC(=O)[C@@H]1[C@H]2C(=O)N(CCCO)C(C(=O)N(CC=C)C(C)(C)C)C23S[C@@H]1CC3C.